The lowest BCUT2D eigenvalue weighted by atomic mass is 9.88. The van der Waals surface area contributed by atoms with Gasteiger partial charge in [-0.3, -0.25) is 4.79 Å². The van der Waals surface area contributed by atoms with Crippen molar-refractivity contribution in [1.82, 2.24) is 9.66 Å². The molecular weight excluding hydrogens is 714 g/mol. The van der Waals surface area contributed by atoms with Crippen LogP contribution in [0.25, 0.3) is 10.9 Å². The zero-order valence-corrected chi connectivity index (χ0v) is 26.6. The fourth-order valence-electron chi connectivity index (χ4n) is 4.74. The molecule has 0 radical (unpaired) electrons. The predicted octanol–water partition coefficient (Wildman–Crippen LogP) is 8.85. The number of rotatable bonds is 7. The molecule has 4 aromatic rings. The van der Waals surface area contributed by atoms with Crippen LogP contribution in [-0.2, 0) is 6.61 Å². The van der Waals surface area contributed by atoms with Crippen LogP contribution in [0.1, 0.15) is 55.0 Å². The maximum absolute atomic E-state index is 13.6. The third-order valence-corrected chi connectivity index (χ3v) is 9.68. The minimum Gasteiger partial charge on any atom is -0.493 e. The van der Waals surface area contributed by atoms with Crippen LogP contribution >= 0.6 is 59.4 Å². The number of nitrogens with zero attached hydrogens (tertiary/aromatic N) is 3. The van der Waals surface area contributed by atoms with E-state index in [1.807, 2.05) is 42.5 Å². The van der Waals surface area contributed by atoms with Gasteiger partial charge in [0.25, 0.3) is 5.56 Å². The van der Waals surface area contributed by atoms with Gasteiger partial charge in [-0.25, -0.2) is 4.98 Å². The second kappa shape index (κ2) is 12.5. The van der Waals surface area contributed by atoms with Crippen molar-refractivity contribution in [3.63, 3.8) is 0 Å². The van der Waals surface area contributed by atoms with Gasteiger partial charge in [-0.15, -0.1) is 0 Å². The normalized spacial score (nSPS) is 14.3. The Balaban J connectivity index is 1.53. The molecule has 0 bridgehead atoms. The second-order valence-corrected chi connectivity index (χ2v) is 12.3. The quantitative estimate of drug-likeness (QED) is 0.178. The number of benzene rings is 3. The van der Waals surface area contributed by atoms with Crippen LogP contribution in [0.4, 0.5) is 0 Å². The first-order valence-corrected chi connectivity index (χ1v) is 15.3. The largest absolute Gasteiger partial charge is 0.493 e. The first-order valence-electron chi connectivity index (χ1n) is 12.6. The van der Waals surface area contributed by atoms with Crippen molar-refractivity contribution in [1.29, 1.82) is 0 Å². The molecule has 39 heavy (non-hydrogen) atoms. The molecule has 1 heterocycles. The highest BCUT2D eigenvalue weighted by molar-refractivity contribution is 9.13. The van der Waals surface area contributed by atoms with Crippen LogP contribution in [0, 0.1) is 0 Å². The van der Waals surface area contributed by atoms with E-state index in [1.54, 1.807) is 19.4 Å². The molecule has 0 N–H and O–H groups in total. The Labute approximate surface area is 256 Å². The average molecular weight is 739 g/mol. The van der Waals surface area contributed by atoms with Gasteiger partial charge in [-0.2, -0.15) is 9.78 Å². The van der Waals surface area contributed by atoms with Crippen LogP contribution in [0.2, 0.25) is 5.02 Å². The van der Waals surface area contributed by atoms with E-state index in [0.717, 1.165) is 40.2 Å². The van der Waals surface area contributed by atoms with E-state index >= 15 is 0 Å². The Hall–Kier alpha value is -2.20. The van der Waals surface area contributed by atoms with Crippen LogP contribution in [0.15, 0.2) is 71.8 Å². The summed E-state index contributed by atoms with van der Waals surface area (Å²) < 4.78 is 15.4. The summed E-state index contributed by atoms with van der Waals surface area (Å²) in [6.45, 7) is 0.338. The molecule has 0 atom stereocenters. The Morgan fingerprint density at radius 1 is 1.05 bits per heavy atom. The van der Waals surface area contributed by atoms with E-state index in [1.165, 1.54) is 11.1 Å². The Bertz CT molecular complexity index is 1600. The average Bonchev–Trinajstić information content (AvgIpc) is 2.95. The van der Waals surface area contributed by atoms with E-state index < -0.39 is 0 Å². The molecule has 1 aliphatic carbocycles. The zero-order valence-electron chi connectivity index (χ0n) is 21.1. The number of fused-ring (bicyclic) bond motifs is 1. The number of methoxy groups -OCH3 is 1. The lowest BCUT2D eigenvalue weighted by molar-refractivity contribution is 0.282. The third kappa shape index (κ3) is 6.26. The first-order chi connectivity index (χ1) is 18.9. The SMILES string of the molecule is COc1cc(C=Nn2c(C3CCCCC3)nc3ccc(Br)cc3c2=O)c(Br)c(Br)c1OCc1ccc(Cl)cc1. The fraction of sp³-hybridized carbons (Fsp3) is 0.276. The monoisotopic (exact) mass is 735 g/mol. The molecule has 0 unspecified atom stereocenters. The summed E-state index contributed by atoms with van der Waals surface area (Å²) in [7, 11) is 1.59. The molecule has 0 saturated heterocycles. The molecule has 1 fully saturated rings. The van der Waals surface area contributed by atoms with Crippen LogP contribution in [0.5, 0.6) is 11.5 Å². The number of hydrogen-bond acceptors (Lipinski definition) is 5. The van der Waals surface area contributed by atoms with Gasteiger partial charge < -0.3 is 9.47 Å². The summed E-state index contributed by atoms with van der Waals surface area (Å²) in [5.74, 6) is 1.97. The highest BCUT2D eigenvalue weighted by Crippen LogP contribution is 2.43. The van der Waals surface area contributed by atoms with E-state index in [2.05, 4.69) is 52.9 Å². The first kappa shape index (κ1) is 28.3. The number of aromatic nitrogens is 2. The maximum atomic E-state index is 13.6. The van der Waals surface area contributed by atoms with Gasteiger partial charge in [-0.05, 0) is 86.7 Å². The summed E-state index contributed by atoms with van der Waals surface area (Å²) in [6, 6.07) is 14.9. The maximum Gasteiger partial charge on any atom is 0.282 e. The minimum absolute atomic E-state index is 0.185. The highest BCUT2D eigenvalue weighted by Gasteiger charge is 2.23. The molecule has 202 valence electrons. The molecular formula is C29H25Br3ClN3O3. The Kier molecular flexibility index (Phi) is 9.11. The highest BCUT2D eigenvalue weighted by atomic mass is 79.9. The summed E-state index contributed by atoms with van der Waals surface area (Å²) in [5.41, 5.74) is 2.18. The van der Waals surface area contributed by atoms with E-state index in [0.29, 0.717) is 49.9 Å². The van der Waals surface area contributed by atoms with E-state index in [9.17, 15) is 4.79 Å². The van der Waals surface area contributed by atoms with E-state index in [4.69, 9.17) is 26.1 Å². The molecule has 0 spiro atoms. The van der Waals surface area contributed by atoms with Crippen LogP contribution < -0.4 is 15.0 Å². The molecule has 0 aliphatic heterocycles. The Morgan fingerprint density at radius 3 is 2.51 bits per heavy atom. The standard InChI is InChI=1S/C29H25Br3ClN3O3/c1-38-24-13-19(25(31)26(32)27(24)39-16-17-7-10-21(33)11-8-17)15-34-36-28(18-5-3-2-4-6-18)35-23-12-9-20(30)14-22(23)29(36)37/h7-15,18H,2-6,16H2,1H3. The lowest BCUT2D eigenvalue weighted by Crippen LogP contribution is -2.25. The van der Waals surface area contributed by atoms with Crippen molar-refractivity contribution >= 4 is 76.5 Å². The van der Waals surface area contributed by atoms with Gasteiger partial charge in [0.1, 0.15) is 12.4 Å². The van der Waals surface area contributed by atoms with Crippen molar-refractivity contribution in [2.24, 2.45) is 5.10 Å². The molecule has 1 aromatic heterocycles. The number of ether oxygens (including phenoxy) is 2. The number of halogens is 4. The molecule has 3 aromatic carbocycles. The van der Waals surface area contributed by atoms with Crippen molar-refractivity contribution in [3.8, 4) is 11.5 Å². The van der Waals surface area contributed by atoms with Gasteiger partial charge in [0, 0.05) is 25.4 Å². The summed E-state index contributed by atoms with van der Waals surface area (Å²) >= 11 is 16.8. The molecule has 5 rings (SSSR count). The number of hydrogen-bond donors (Lipinski definition) is 0. The second-order valence-electron chi connectivity index (χ2n) is 9.37. The van der Waals surface area contributed by atoms with Crippen molar-refractivity contribution < 1.29 is 9.47 Å². The summed E-state index contributed by atoms with van der Waals surface area (Å²) in [5, 5.41) is 5.87. The molecule has 1 saturated carbocycles. The molecule has 10 heteroatoms. The van der Waals surface area contributed by atoms with Gasteiger partial charge in [0.2, 0.25) is 0 Å². The Morgan fingerprint density at radius 2 is 1.79 bits per heavy atom. The summed E-state index contributed by atoms with van der Waals surface area (Å²) in [4.78, 5) is 18.6. The third-order valence-electron chi connectivity index (χ3n) is 6.79. The predicted molar refractivity (Wildman–Crippen MR) is 167 cm³/mol. The van der Waals surface area contributed by atoms with Crippen molar-refractivity contribution in [3.05, 3.63) is 94.3 Å². The van der Waals surface area contributed by atoms with Crippen molar-refractivity contribution in [2.45, 2.75) is 44.6 Å². The van der Waals surface area contributed by atoms with Gasteiger partial charge in [0.15, 0.2) is 11.5 Å². The lowest BCUT2D eigenvalue weighted by Gasteiger charge is -2.22. The van der Waals surface area contributed by atoms with E-state index in [-0.39, 0.29) is 11.5 Å². The zero-order chi connectivity index (χ0) is 27.5. The molecule has 0 amide bonds. The van der Waals surface area contributed by atoms with Crippen LogP contribution in [-0.4, -0.2) is 23.0 Å². The molecule has 1 aliphatic rings. The minimum atomic E-state index is -0.191. The molecule has 6 nitrogen and oxygen atoms in total. The fourth-order valence-corrected chi connectivity index (χ4v) is 6.17. The smallest absolute Gasteiger partial charge is 0.282 e. The van der Waals surface area contributed by atoms with Gasteiger partial charge >= 0.3 is 0 Å². The van der Waals surface area contributed by atoms with Crippen molar-refractivity contribution in [2.75, 3.05) is 7.11 Å². The van der Waals surface area contributed by atoms with Crippen LogP contribution in [0.3, 0.4) is 0 Å². The topological polar surface area (TPSA) is 65.7 Å². The summed E-state index contributed by atoms with van der Waals surface area (Å²) in [6.07, 6.45) is 7.09. The van der Waals surface area contributed by atoms with Gasteiger partial charge in [-0.1, -0.05) is 58.9 Å². The van der Waals surface area contributed by atoms with Gasteiger partial charge in [0.05, 0.1) is 28.7 Å².